The number of nitrogens with one attached hydrogen (secondary N) is 1. The lowest BCUT2D eigenvalue weighted by Crippen LogP contribution is -2.04. The van der Waals surface area contributed by atoms with E-state index >= 15 is 0 Å². The lowest BCUT2D eigenvalue weighted by atomic mass is 10.0. The van der Waals surface area contributed by atoms with Gasteiger partial charge in [0.05, 0.1) is 10.6 Å². The summed E-state index contributed by atoms with van der Waals surface area (Å²) in [4.78, 5) is 27.9. The minimum atomic E-state index is -3.27. The number of anilines is 1. The Hall–Kier alpha value is -3.30. The monoisotopic (exact) mass is 456 g/mol. The van der Waals surface area contributed by atoms with Crippen LogP contribution in [0.25, 0.3) is 17.3 Å². The summed E-state index contributed by atoms with van der Waals surface area (Å²) in [6.07, 6.45) is 4.24. The van der Waals surface area contributed by atoms with Gasteiger partial charge in [-0.1, -0.05) is 36.4 Å². The number of carboxylic acid groups (broad SMARTS) is 1. The maximum Gasteiger partial charge on any atom is 0.328 e. The van der Waals surface area contributed by atoms with E-state index in [1.54, 1.807) is 36.4 Å². The molecule has 0 radical (unpaired) electrons. The van der Waals surface area contributed by atoms with Gasteiger partial charge < -0.3 is 10.4 Å². The number of sulfone groups is 1. The average molecular weight is 457 g/mol. The zero-order valence-corrected chi connectivity index (χ0v) is 18.5. The number of hydrogen-bond donors (Lipinski definition) is 2. The predicted octanol–water partition coefficient (Wildman–Crippen LogP) is 3.86. The first-order chi connectivity index (χ1) is 14.6. The molecule has 0 fully saturated rings. The van der Waals surface area contributed by atoms with Crippen LogP contribution >= 0.6 is 11.3 Å². The second-order valence-corrected chi connectivity index (χ2v) is 9.96. The van der Waals surface area contributed by atoms with Gasteiger partial charge in [0, 0.05) is 36.1 Å². The Balaban J connectivity index is 1.93. The molecule has 1 amide bonds. The highest BCUT2D eigenvalue weighted by Gasteiger charge is 2.15. The molecule has 2 N–H and O–H groups in total. The maximum atomic E-state index is 11.7. The summed E-state index contributed by atoms with van der Waals surface area (Å²) in [5.74, 6) is -1.24. The maximum absolute atomic E-state index is 11.7. The van der Waals surface area contributed by atoms with Gasteiger partial charge in [0.15, 0.2) is 15.0 Å². The smallest absolute Gasteiger partial charge is 0.328 e. The molecular weight excluding hydrogens is 436 g/mol. The average Bonchev–Trinajstić information content (AvgIpc) is 3.07. The van der Waals surface area contributed by atoms with Crippen LogP contribution in [0.1, 0.15) is 22.9 Å². The van der Waals surface area contributed by atoms with Crippen LogP contribution in [-0.4, -0.2) is 36.6 Å². The highest BCUT2D eigenvalue weighted by molar-refractivity contribution is 7.90. The Labute approximate surface area is 184 Å². The van der Waals surface area contributed by atoms with Gasteiger partial charge in [-0.3, -0.25) is 4.79 Å². The number of amides is 1. The van der Waals surface area contributed by atoms with E-state index in [-0.39, 0.29) is 10.8 Å². The summed E-state index contributed by atoms with van der Waals surface area (Å²) in [5, 5.41) is 11.9. The molecule has 9 heteroatoms. The van der Waals surface area contributed by atoms with Crippen molar-refractivity contribution in [1.82, 2.24) is 4.98 Å². The molecule has 0 saturated heterocycles. The van der Waals surface area contributed by atoms with Crippen molar-refractivity contribution < 1.29 is 23.1 Å². The van der Waals surface area contributed by atoms with Crippen molar-refractivity contribution in [3.05, 3.63) is 70.6 Å². The number of carbonyl (C=O) groups excluding carboxylic acids is 1. The summed E-state index contributed by atoms with van der Waals surface area (Å²) in [5.41, 5.74) is 3.17. The number of hydrogen-bond acceptors (Lipinski definition) is 6. The van der Waals surface area contributed by atoms with Gasteiger partial charge in [-0.25, -0.2) is 18.2 Å². The number of rotatable bonds is 7. The van der Waals surface area contributed by atoms with Crippen LogP contribution in [0.4, 0.5) is 5.13 Å². The van der Waals surface area contributed by atoms with E-state index in [2.05, 4.69) is 10.3 Å². The number of nitrogens with zero attached hydrogens (tertiary/aromatic N) is 1. The van der Waals surface area contributed by atoms with Crippen molar-refractivity contribution in [1.29, 1.82) is 0 Å². The van der Waals surface area contributed by atoms with Gasteiger partial charge in [-0.15, -0.1) is 11.3 Å². The zero-order chi connectivity index (χ0) is 22.6. The van der Waals surface area contributed by atoms with Crippen molar-refractivity contribution in [2.45, 2.75) is 18.2 Å². The third-order valence-corrected chi connectivity index (χ3v) is 6.40. The second kappa shape index (κ2) is 9.23. The van der Waals surface area contributed by atoms with E-state index in [9.17, 15) is 18.0 Å². The molecule has 0 saturated carbocycles. The molecule has 0 spiro atoms. The Bertz CT molecular complexity index is 1240. The van der Waals surface area contributed by atoms with Crippen molar-refractivity contribution in [2.75, 3.05) is 11.6 Å². The normalized spacial score (nSPS) is 11.5. The summed E-state index contributed by atoms with van der Waals surface area (Å²) in [6.45, 7) is 1.41. The van der Waals surface area contributed by atoms with E-state index in [0.29, 0.717) is 17.2 Å². The van der Waals surface area contributed by atoms with Crippen molar-refractivity contribution >= 4 is 44.3 Å². The van der Waals surface area contributed by atoms with E-state index in [1.165, 1.54) is 24.3 Å². The van der Waals surface area contributed by atoms with E-state index < -0.39 is 15.8 Å². The van der Waals surface area contributed by atoms with Crippen LogP contribution in [0.5, 0.6) is 0 Å². The van der Waals surface area contributed by atoms with Crippen LogP contribution in [0.15, 0.2) is 59.5 Å². The molecule has 0 aliphatic rings. The summed E-state index contributed by atoms with van der Waals surface area (Å²) >= 11 is 1.35. The SMILES string of the molecule is CC(=O)Nc1nc(-c2ccc(C=CC(=O)O)cc2)c(Cc2ccc(S(C)(=O)=O)cc2)s1. The number of carboxylic acids is 1. The molecule has 1 heterocycles. The van der Waals surface area contributed by atoms with Gasteiger partial charge in [0.2, 0.25) is 5.91 Å². The largest absolute Gasteiger partial charge is 0.478 e. The highest BCUT2D eigenvalue weighted by atomic mass is 32.2. The van der Waals surface area contributed by atoms with E-state index in [0.717, 1.165) is 33.9 Å². The van der Waals surface area contributed by atoms with Crippen LogP contribution in [0.3, 0.4) is 0 Å². The first-order valence-electron chi connectivity index (χ1n) is 9.19. The van der Waals surface area contributed by atoms with Gasteiger partial charge in [-0.2, -0.15) is 0 Å². The third kappa shape index (κ3) is 6.09. The Morgan fingerprint density at radius 2 is 1.74 bits per heavy atom. The molecular formula is C22H20N2O5S2. The van der Waals surface area contributed by atoms with Crippen LogP contribution in [0, 0.1) is 0 Å². The van der Waals surface area contributed by atoms with Crippen molar-refractivity contribution in [3.8, 4) is 11.3 Å². The predicted molar refractivity (Wildman–Crippen MR) is 121 cm³/mol. The highest BCUT2D eigenvalue weighted by Crippen LogP contribution is 2.33. The summed E-state index contributed by atoms with van der Waals surface area (Å²) < 4.78 is 23.3. The summed E-state index contributed by atoms with van der Waals surface area (Å²) in [7, 11) is -3.27. The fraction of sp³-hybridized carbons (Fsp3) is 0.136. The first kappa shape index (κ1) is 22.4. The minimum absolute atomic E-state index is 0.224. The molecule has 3 aromatic rings. The Kier molecular flexibility index (Phi) is 6.67. The topological polar surface area (TPSA) is 113 Å². The molecule has 0 atom stereocenters. The summed E-state index contributed by atoms with van der Waals surface area (Å²) in [6, 6.07) is 13.9. The number of thiazole rings is 1. The third-order valence-electron chi connectivity index (χ3n) is 4.30. The lowest BCUT2D eigenvalue weighted by Gasteiger charge is -2.05. The molecule has 2 aromatic carbocycles. The standard InChI is InChI=1S/C22H20N2O5S2/c1-14(25)23-22-24-21(17-8-3-15(4-9-17)7-12-20(26)27)19(30-22)13-16-5-10-18(11-6-16)31(2,28)29/h3-12H,13H2,1-2H3,(H,26,27)(H,23,24,25). The zero-order valence-electron chi connectivity index (χ0n) is 16.8. The van der Waals surface area contributed by atoms with Gasteiger partial charge in [0.1, 0.15) is 0 Å². The lowest BCUT2D eigenvalue weighted by molar-refractivity contribution is -0.131. The van der Waals surface area contributed by atoms with Crippen LogP contribution in [-0.2, 0) is 25.8 Å². The van der Waals surface area contributed by atoms with E-state index in [1.807, 2.05) is 12.1 Å². The Morgan fingerprint density at radius 3 is 2.29 bits per heavy atom. The second-order valence-electron chi connectivity index (χ2n) is 6.86. The number of aliphatic carboxylic acids is 1. The molecule has 0 bridgehead atoms. The molecule has 7 nitrogen and oxygen atoms in total. The fourth-order valence-corrected chi connectivity index (χ4v) is 4.56. The number of carbonyl (C=O) groups is 2. The number of aromatic nitrogens is 1. The van der Waals surface area contributed by atoms with Gasteiger partial charge in [-0.05, 0) is 29.3 Å². The number of benzene rings is 2. The van der Waals surface area contributed by atoms with Gasteiger partial charge in [0.25, 0.3) is 0 Å². The van der Waals surface area contributed by atoms with Crippen molar-refractivity contribution in [3.63, 3.8) is 0 Å². The quantitative estimate of drug-likeness (QED) is 0.522. The molecule has 0 aliphatic carbocycles. The minimum Gasteiger partial charge on any atom is -0.478 e. The molecule has 31 heavy (non-hydrogen) atoms. The fourth-order valence-electron chi connectivity index (χ4n) is 2.86. The molecule has 0 aliphatic heterocycles. The molecule has 160 valence electrons. The van der Waals surface area contributed by atoms with Gasteiger partial charge >= 0.3 is 5.97 Å². The van der Waals surface area contributed by atoms with E-state index in [4.69, 9.17) is 5.11 Å². The van der Waals surface area contributed by atoms with Crippen LogP contribution in [0.2, 0.25) is 0 Å². The Morgan fingerprint density at radius 1 is 1.10 bits per heavy atom. The molecule has 1 aromatic heterocycles. The molecule has 3 rings (SSSR count). The van der Waals surface area contributed by atoms with Crippen molar-refractivity contribution in [2.24, 2.45) is 0 Å². The van der Waals surface area contributed by atoms with Crippen LogP contribution < -0.4 is 5.32 Å². The first-order valence-corrected chi connectivity index (χ1v) is 11.9. The molecule has 0 unspecified atom stereocenters.